The molecule has 0 amide bonds. The number of benzene rings is 2. The van der Waals surface area contributed by atoms with Crippen LogP contribution in [0.2, 0.25) is 0 Å². The standard InChI is InChI=1S/C21H18N4O2S/c1-3-16(26-14-9-5-4-6-10-14)20-24-25-19(22-23-21(25)28-20)18-13(2)15-11-7-8-12-17(15)27-18/h4-12,16H,3H2,1-2H3/t16-/m0/s1. The Morgan fingerprint density at radius 1 is 1.07 bits per heavy atom. The van der Waals surface area contributed by atoms with Gasteiger partial charge in [0, 0.05) is 10.9 Å². The molecule has 0 bridgehead atoms. The van der Waals surface area contributed by atoms with Crippen molar-refractivity contribution in [1.29, 1.82) is 0 Å². The summed E-state index contributed by atoms with van der Waals surface area (Å²) < 4.78 is 13.9. The summed E-state index contributed by atoms with van der Waals surface area (Å²) in [7, 11) is 0. The van der Waals surface area contributed by atoms with E-state index < -0.39 is 0 Å². The van der Waals surface area contributed by atoms with Crippen LogP contribution in [0.1, 0.15) is 30.0 Å². The maximum absolute atomic E-state index is 6.13. The summed E-state index contributed by atoms with van der Waals surface area (Å²) in [6.45, 7) is 4.11. The van der Waals surface area contributed by atoms with Crippen molar-refractivity contribution in [2.45, 2.75) is 26.4 Å². The van der Waals surface area contributed by atoms with Gasteiger partial charge in [-0.1, -0.05) is 54.7 Å². The Kier molecular flexibility index (Phi) is 4.09. The monoisotopic (exact) mass is 390 g/mol. The van der Waals surface area contributed by atoms with E-state index >= 15 is 0 Å². The predicted octanol–water partition coefficient (Wildman–Crippen LogP) is 5.44. The number of nitrogens with zero attached hydrogens (tertiary/aromatic N) is 4. The fourth-order valence-corrected chi connectivity index (χ4v) is 4.21. The number of furan rings is 1. The Labute approximate surface area is 165 Å². The fraction of sp³-hybridized carbons (Fsp3) is 0.190. The molecule has 0 aliphatic carbocycles. The van der Waals surface area contributed by atoms with Crippen molar-refractivity contribution in [3.8, 4) is 17.3 Å². The second-order valence-electron chi connectivity index (χ2n) is 6.54. The van der Waals surface area contributed by atoms with Gasteiger partial charge in [0.2, 0.25) is 10.8 Å². The van der Waals surface area contributed by atoms with Gasteiger partial charge < -0.3 is 9.15 Å². The molecule has 0 spiro atoms. The number of aryl methyl sites for hydroxylation is 1. The van der Waals surface area contributed by atoms with E-state index in [1.807, 2.05) is 61.5 Å². The first-order chi connectivity index (χ1) is 13.7. The predicted molar refractivity (Wildman–Crippen MR) is 109 cm³/mol. The van der Waals surface area contributed by atoms with E-state index in [1.165, 1.54) is 11.3 Å². The molecule has 3 aromatic heterocycles. The maximum atomic E-state index is 6.13. The number of para-hydroxylation sites is 2. The van der Waals surface area contributed by atoms with Crippen molar-refractivity contribution in [1.82, 2.24) is 19.8 Å². The van der Waals surface area contributed by atoms with Gasteiger partial charge in [-0.2, -0.15) is 9.61 Å². The molecule has 1 atom stereocenters. The highest BCUT2D eigenvalue weighted by Crippen LogP contribution is 2.34. The van der Waals surface area contributed by atoms with E-state index in [0.29, 0.717) is 11.6 Å². The molecule has 0 unspecified atom stereocenters. The zero-order valence-corrected chi connectivity index (χ0v) is 16.3. The Hall–Kier alpha value is -3.19. The van der Waals surface area contributed by atoms with E-state index in [2.05, 4.69) is 17.1 Å². The minimum absolute atomic E-state index is 0.140. The fourth-order valence-electron chi connectivity index (χ4n) is 3.26. The topological polar surface area (TPSA) is 65.5 Å². The lowest BCUT2D eigenvalue weighted by molar-refractivity contribution is 0.199. The highest BCUT2D eigenvalue weighted by molar-refractivity contribution is 7.16. The summed E-state index contributed by atoms with van der Waals surface area (Å²) in [5.74, 6) is 2.14. The Balaban J connectivity index is 1.55. The van der Waals surface area contributed by atoms with E-state index in [-0.39, 0.29) is 6.10 Å². The number of hydrogen-bond donors (Lipinski definition) is 0. The first kappa shape index (κ1) is 16.9. The van der Waals surface area contributed by atoms with Crippen LogP contribution in [-0.4, -0.2) is 19.8 Å². The van der Waals surface area contributed by atoms with E-state index in [9.17, 15) is 0 Å². The molecule has 28 heavy (non-hydrogen) atoms. The summed E-state index contributed by atoms with van der Waals surface area (Å²) in [5, 5.41) is 15.3. The molecular formula is C21H18N4O2S. The van der Waals surface area contributed by atoms with Gasteiger partial charge in [-0.15, -0.1) is 10.2 Å². The van der Waals surface area contributed by atoms with Crippen LogP contribution >= 0.6 is 11.3 Å². The molecule has 7 heteroatoms. The third-order valence-electron chi connectivity index (χ3n) is 4.72. The summed E-state index contributed by atoms with van der Waals surface area (Å²) in [5.41, 5.74) is 1.87. The van der Waals surface area contributed by atoms with Gasteiger partial charge in [0.25, 0.3) is 0 Å². The minimum Gasteiger partial charge on any atom is -0.483 e. The molecule has 0 radical (unpaired) electrons. The molecule has 140 valence electrons. The zero-order valence-electron chi connectivity index (χ0n) is 15.5. The van der Waals surface area contributed by atoms with Crippen LogP contribution in [0.15, 0.2) is 59.0 Å². The van der Waals surface area contributed by atoms with Crippen LogP contribution in [-0.2, 0) is 0 Å². The summed E-state index contributed by atoms with van der Waals surface area (Å²) in [6.07, 6.45) is 0.663. The molecule has 5 rings (SSSR count). The van der Waals surface area contributed by atoms with Crippen molar-refractivity contribution in [3.63, 3.8) is 0 Å². The molecule has 0 N–H and O–H groups in total. The number of fused-ring (bicyclic) bond motifs is 2. The molecule has 0 aliphatic heterocycles. The molecular weight excluding hydrogens is 372 g/mol. The lowest BCUT2D eigenvalue weighted by Crippen LogP contribution is -2.07. The number of rotatable bonds is 5. The highest BCUT2D eigenvalue weighted by atomic mass is 32.1. The van der Waals surface area contributed by atoms with Crippen molar-refractivity contribution in [2.75, 3.05) is 0 Å². The van der Waals surface area contributed by atoms with Crippen LogP contribution in [0.3, 0.4) is 0 Å². The smallest absolute Gasteiger partial charge is 0.235 e. The number of aromatic nitrogens is 4. The Morgan fingerprint density at radius 2 is 1.86 bits per heavy atom. The quantitative estimate of drug-likeness (QED) is 0.400. The average molecular weight is 390 g/mol. The van der Waals surface area contributed by atoms with Gasteiger partial charge in [0.05, 0.1) is 0 Å². The van der Waals surface area contributed by atoms with Crippen LogP contribution in [0.25, 0.3) is 27.5 Å². The first-order valence-electron chi connectivity index (χ1n) is 9.17. The third kappa shape index (κ3) is 2.75. The molecule has 0 saturated heterocycles. The minimum atomic E-state index is -0.140. The summed E-state index contributed by atoms with van der Waals surface area (Å²) >= 11 is 1.49. The lowest BCUT2D eigenvalue weighted by Gasteiger charge is -2.14. The van der Waals surface area contributed by atoms with E-state index in [0.717, 1.165) is 38.7 Å². The summed E-state index contributed by atoms with van der Waals surface area (Å²) in [6, 6.07) is 17.8. The van der Waals surface area contributed by atoms with Crippen molar-refractivity contribution in [3.05, 3.63) is 65.2 Å². The Bertz CT molecular complexity index is 1260. The number of ether oxygens (including phenoxy) is 1. The van der Waals surface area contributed by atoms with Gasteiger partial charge in [-0.25, -0.2) is 0 Å². The van der Waals surface area contributed by atoms with Crippen LogP contribution in [0.5, 0.6) is 5.75 Å². The molecule has 0 saturated carbocycles. The highest BCUT2D eigenvalue weighted by Gasteiger charge is 2.23. The number of hydrogen-bond acceptors (Lipinski definition) is 6. The SMILES string of the molecule is CC[C@H](Oc1ccccc1)c1nn2c(-c3oc4ccccc4c3C)nnc2s1. The van der Waals surface area contributed by atoms with Gasteiger partial charge in [0.15, 0.2) is 16.9 Å². The summed E-state index contributed by atoms with van der Waals surface area (Å²) in [4.78, 5) is 0.722. The molecule has 0 aliphatic rings. The van der Waals surface area contributed by atoms with E-state index in [4.69, 9.17) is 14.3 Å². The van der Waals surface area contributed by atoms with Crippen LogP contribution in [0, 0.1) is 6.92 Å². The molecule has 2 aromatic carbocycles. The lowest BCUT2D eigenvalue weighted by atomic mass is 10.1. The van der Waals surface area contributed by atoms with E-state index in [1.54, 1.807) is 4.52 Å². The largest absolute Gasteiger partial charge is 0.483 e. The van der Waals surface area contributed by atoms with Gasteiger partial charge in [-0.3, -0.25) is 0 Å². The molecule has 5 aromatic rings. The second kappa shape index (κ2) is 6.76. The van der Waals surface area contributed by atoms with Crippen LogP contribution in [0.4, 0.5) is 0 Å². The second-order valence-corrected chi connectivity index (χ2v) is 7.53. The third-order valence-corrected chi connectivity index (χ3v) is 5.71. The molecule has 6 nitrogen and oxygen atoms in total. The zero-order chi connectivity index (χ0) is 19.1. The van der Waals surface area contributed by atoms with Gasteiger partial charge in [0.1, 0.15) is 11.3 Å². The maximum Gasteiger partial charge on any atom is 0.235 e. The Morgan fingerprint density at radius 3 is 2.64 bits per heavy atom. The van der Waals surface area contributed by atoms with Gasteiger partial charge >= 0.3 is 0 Å². The van der Waals surface area contributed by atoms with Crippen molar-refractivity contribution in [2.24, 2.45) is 0 Å². The average Bonchev–Trinajstić information content (AvgIpc) is 3.40. The van der Waals surface area contributed by atoms with Crippen molar-refractivity contribution >= 4 is 27.3 Å². The van der Waals surface area contributed by atoms with Crippen LogP contribution < -0.4 is 4.74 Å². The normalized spacial score (nSPS) is 12.6. The molecule has 0 fully saturated rings. The van der Waals surface area contributed by atoms with Gasteiger partial charge in [-0.05, 0) is 31.5 Å². The first-order valence-corrected chi connectivity index (χ1v) is 9.98. The van der Waals surface area contributed by atoms with Crippen molar-refractivity contribution < 1.29 is 9.15 Å². The molecule has 3 heterocycles.